The normalized spacial score (nSPS) is 15.7. The molecule has 1 N–H and O–H groups in total. The van der Waals surface area contributed by atoms with Gasteiger partial charge in [-0.25, -0.2) is 4.98 Å². The lowest BCUT2D eigenvalue weighted by Crippen LogP contribution is -2.23. The number of ether oxygens (including phenoxy) is 2. The minimum Gasteiger partial charge on any atom is -0.472 e. The summed E-state index contributed by atoms with van der Waals surface area (Å²) < 4.78 is 12.8. The molecule has 30 heavy (non-hydrogen) atoms. The van der Waals surface area contributed by atoms with E-state index in [4.69, 9.17) is 32.7 Å². The van der Waals surface area contributed by atoms with E-state index in [1.54, 1.807) is 11.6 Å². The van der Waals surface area contributed by atoms with Crippen LogP contribution in [0.15, 0.2) is 6.20 Å². The molecule has 1 aliphatic rings. The zero-order chi connectivity index (χ0) is 21.7. The van der Waals surface area contributed by atoms with E-state index < -0.39 is 4.92 Å². The van der Waals surface area contributed by atoms with Crippen molar-refractivity contribution in [2.24, 2.45) is 0 Å². The molecule has 0 radical (unpaired) electrons. The highest BCUT2D eigenvalue weighted by atomic mass is 35.5. The fraction of sp³-hybridized carbons (Fsp3) is 0.611. The monoisotopic (exact) mass is 458 g/mol. The first-order chi connectivity index (χ1) is 14.4. The number of nitrogens with one attached hydrogen (secondary N) is 1. The van der Waals surface area contributed by atoms with E-state index in [9.17, 15) is 10.1 Å². The third-order valence-corrected chi connectivity index (χ3v) is 5.52. The predicted octanol–water partition coefficient (Wildman–Crippen LogP) is 4.21. The fourth-order valence-corrected chi connectivity index (χ4v) is 3.67. The lowest BCUT2D eigenvalue weighted by atomic mass is 10.1. The highest BCUT2D eigenvalue weighted by Gasteiger charge is 2.30. The Morgan fingerprint density at radius 2 is 2.17 bits per heavy atom. The number of anilines is 1. The van der Waals surface area contributed by atoms with Crippen molar-refractivity contribution in [1.29, 1.82) is 0 Å². The Hall–Kier alpha value is -2.17. The van der Waals surface area contributed by atoms with Gasteiger partial charge in [-0.1, -0.05) is 18.5 Å². The van der Waals surface area contributed by atoms with E-state index in [-0.39, 0.29) is 35.5 Å². The third-order valence-electron chi connectivity index (χ3n) is 5.06. The molecule has 1 fully saturated rings. The highest BCUT2D eigenvalue weighted by Crippen LogP contribution is 2.34. The van der Waals surface area contributed by atoms with Crippen LogP contribution >= 0.6 is 23.2 Å². The summed E-state index contributed by atoms with van der Waals surface area (Å²) in [6.45, 7) is 5.18. The summed E-state index contributed by atoms with van der Waals surface area (Å²) in [6, 6.07) is 0.0516. The van der Waals surface area contributed by atoms with Crippen molar-refractivity contribution in [3.8, 4) is 5.88 Å². The Bertz CT molecular complexity index is 888. The van der Waals surface area contributed by atoms with Gasteiger partial charge in [0.1, 0.15) is 16.5 Å². The molecule has 0 bridgehead atoms. The van der Waals surface area contributed by atoms with Crippen LogP contribution < -0.4 is 10.1 Å². The van der Waals surface area contributed by atoms with Gasteiger partial charge in [0, 0.05) is 25.7 Å². The summed E-state index contributed by atoms with van der Waals surface area (Å²) in [5.74, 6) is 0.482. The van der Waals surface area contributed by atoms with Gasteiger partial charge in [0.05, 0.1) is 23.8 Å². The second kappa shape index (κ2) is 10.2. The number of halogens is 2. The Morgan fingerprint density at radius 3 is 2.83 bits per heavy atom. The molecule has 0 amide bonds. The second-order valence-corrected chi connectivity index (χ2v) is 7.75. The Kier molecular flexibility index (Phi) is 7.68. The fourth-order valence-electron chi connectivity index (χ4n) is 3.39. The third kappa shape index (κ3) is 5.30. The van der Waals surface area contributed by atoms with Crippen LogP contribution in [0.1, 0.15) is 44.3 Å². The smallest absolute Gasteiger partial charge is 0.352 e. The van der Waals surface area contributed by atoms with Crippen LogP contribution in [-0.2, 0) is 4.74 Å². The van der Waals surface area contributed by atoms with Gasteiger partial charge in [-0.05, 0) is 37.8 Å². The van der Waals surface area contributed by atoms with Gasteiger partial charge in [0.2, 0.25) is 5.28 Å². The molecule has 1 aliphatic heterocycles. The maximum Gasteiger partial charge on any atom is 0.352 e. The summed E-state index contributed by atoms with van der Waals surface area (Å²) >= 11 is 11.9. The van der Waals surface area contributed by atoms with E-state index in [0.717, 1.165) is 19.3 Å². The molecule has 2 aromatic rings. The first-order valence-electron chi connectivity index (χ1n) is 9.79. The predicted molar refractivity (Wildman–Crippen MR) is 113 cm³/mol. The van der Waals surface area contributed by atoms with Gasteiger partial charge in [-0.2, -0.15) is 4.98 Å². The van der Waals surface area contributed by atoms with Crippen LogP contribution in [-0.4, -0.2) is 50.5 Å². The van der Waals surface area contributed by atoms with Crippen LogP contribution in [0, 0.1) is 17.0 Å². The topological polar surface area (TPSA) is 117 Å². The van der Waals surface area contributed by atoms with Crippen molar-refractivity contribution in [3.05, 3.63) is 32.3 Å². The Morgan fingerprint density at radius 1 is 1.43 bits per heavy atom. The summed E-state index contributed by atoms with van der Waals surface area (Å²) in [5.41, 5.74) is 0.405. The number of nitrogens with zero attached hydrogens (tertiary/aromatic N) is 5. The summed E-state index contributed by atoms with van der Waals surface area (Å²) in [4.78, 5) is 19.1. The molecule has 3 rings (SSSR count). The van der Waals surface area contributed by atoms with E-state index >= 15 is 0 Å². The van der Waals surface area contributed by atoms with Crippen LogP contribution in [0.3, 0.4) is 0 Å². The van der Waals surface area contributed by atoms with E-state index in [1.165, 1.54) is 6.20 Å². The first-order valence-corrected chi connectivity index (χ1v) is 10.5. The Labute approximate surface area is 184 Å². The van der Waals surface area contributed by atoms with Crippen molar-refractivity contribution in [3.63, 3.8) is 0 Å². The summed E-state index contributed by atoms with van der Waals surface area (Å²) in [7, 11) is 0. The molecule has 1 atom stereocenters. The lowest BCUT2D eigenvalue weighted by Gasteiger charge is -2.23. The van der Waals surface area contributed by atoms with Crippen molar-refractivity contribution >= 4 is 34.7 Å². The summed E-state index contributed by atoms with van der Waals surface area (Å²) in [5, 5.41) is 19.7. The average molecular weight is 459 g/mol. The molecule has 0 aliphatic carbocycles. The molecule has 164 valence electrons. The second-order valence-electron chi connectivity index (χ2n) is 7.01. The van der Waals surface area contributed by atoms with Gasteiger partial charge in [0.15, 0.2) is 0 Å². The maximum absolute atomic E-state index is 11.6. The highest BCUT2D eigenvalue weighted by molar-refractivity contribution is 6.33. The minimum absolute atomic E-state index is 0.0220. The first kappa shape index (κ1) is 22.5. The largest absolute Gasteiger partial charge is 0.472 e. The molecule has 0 aromatic carbocycles. The number of nitro groups is 1. The van der Waals surface area contributed by atoms with E-state index in [1.807, 2.05) is 6.92 Å². The molecule has 1 saturated heterocycles. The molecular formula is C18H24Cl2N6O4. The number of aromatic nitrogens is 4. The van der Waals surface area contributed by atoms with Crippen LogP contribution in [0.5, 0.6) is 5.88 Å². The molecular weight excluding hydrogens is 435 g/mol. The number of rotatable bonds is 9. The molecule has 0 saturated carbocycles. The molecule has 0 spiro atoms. The van der Waals surface area contributed by atoms with Gasteiger partial charge < -0.3 is 14.8 Å². The van der Waals surface area contributed by atoms with Gasteiger partial charge in [-0.3, -0.25) is 14.8 Å². The minimum atomic E-state index is -0.439. The van der Waals surface area contributed by atoms with Gasteiger partial charge in [0.25, 0.3) is 0 Å². The molecule has 12 heteroatoms. The van der Waals surface area contributed by atoms with Gasteiger partial charge in [-0.15, -0.1) is 5.10 Å². The zero-order valence-electron chi connectivity index (χ0n) is 16.8. The number of hydrogen-bond acceptors (Lipinski definition) is 8. The van der Waals surface area contributed by atoms with Crippen molar-refractivity contribution in [2.45, 2.75) is 51.6 Å². The maximum atomic E-state index is 11.6. The zero-order valence-corrected chi connectivity index (χ0v) is 18.3. The van der Waals surface area contributed by atoms with Gasteiger partial charge >= 0.3 is 11.6 Å². The molecule has 1 unspecified atom stereocenters. The Balaban J connectivity index is 1.66. The van der Waals surface area contributed by atoms with Crippen LogP contribution in [0.4, 0.5) is 11.5 Å². The molecule has 2 aromatic heterocycles. The van der Waals surface area contributed by atoms with Crippen molar-refractivity contribution in [2.75, 3.05) is 25.1 Å². The SMILES string of the molecule is CCC(CCOc1nn(C2CCOCC2)c(C)c1[N+](=O)[O-])Nc1nc(Cl)ncc1Cl. The number of hydrogen-bond donors (Lipinski definition) is 1. The summed E-state index contributed by atoms with van der Waals surface area (Å²) in [6.07, 6.45) is 4.29. The van der Waals surface area contributed by atoms with Crippen LogP contribution in [0.2, 0.25) is 10.3 Å². The van der Waals surface area contributed by atoms with E-state index in [2.05, 4.69) is 20.4 Å². The standard InChI is InChI=1S/C18H24Cl2N6O4/c1-3-12(22-16-14(19)10-21-18(20)23-16)4-9-30-17-15(26(27)28)11(2)25(24-17)13-5-7-29-8-6-13/h10,12-13H,3-9H2,1-2H3,(H,21,22,23). The quantitative estimate of drug-likeness (QED) is 0.337. The molecule has 3 heterocycles. The molecule has 10 nitrogen and oxygen atoms in total. The van der Waals surface area contributed by atoms with Crippen molar-refractivity contribution in [1.82, 2.24) is 19.7 Å². The average Bonchev–Trinajstić information content (AvgIpc) is 3.06. The van der Waals surface area contributed by atoms with Crippen LogP contribution in [0.25, 0.3) is 0 Å². The van der Waals surface area contributed by atoms with E-state index in [0.29, 0.717) is 36.2 Å². The lowest BCUT2D eigenvalue weighted by molar-refractivity contribution is -0.386. The van der Waals surface area contributed by atoms with Crippen molar-refractivity contribution < 1.29 is 14.4 Å².